The van der Waals surface area contributed by atoms with E-state index in [4.69, 9.17) is 11.6 Å². The van der Waals surface area contributed by atoms with Crippen LogP contribution in [0.1, 0.15) is 11.1 Å². The Morgan fingerprint density at radius 1 is 1.13 bits per heavy atom. The Bertz CT molecular complexity index is 950. The van der Waals surface area contributed by atoms with E-state index in [1.54, 1.807) is 0 Å². The Morgan fingerprint density at radius 2 is 1.90 bits per heavy atom. The van der Waals surface area contributed by atoms with Crippen LogP contribution in [0.25, 0.3) is 0 Å². The molecule has 30 heavy (non-hydrogen) atoms. The number of hydrogen-bond donors (Lipinski definition) is 3. The highest BCUT2D eigenvalue weighted by Gasteiger charge is 2.37. The van der Waals surface area contributed by atoms with Crippen LogP contribution >= 0.6 is 11.6 Å². The van der Waals surface area contributed by atoms with Gasteiger partial charge in [-0.15, -0.1) is 11.6 Å². The maximum atomic E-state index is 12.7. The molecule has 1 saturated heterocycles. The van der Waals surface area contributed by atoms with E-state index < -0.39 is 4.87 Å². The minimum atomic E-state index is -0.829. The molecule has 156 valence electrons. The number of urea groups is 1. The maximum Gasteiger partial charge on any atom is 0.319 e. The van der Waals surface area contributed by atoms with Crippen molar-refractivity contribution in [2.45, 2.75) is 17.8 Å². The van der Waals surface area contributed by atoms with Crippen molar-refractivity contribution in [3.63, 3.8) is 0 Å². The maximum absolute atomic E-state index is 12.7. The van der Waals surface area contributed by atoms with Gasteiger partial charge in [0.2, 0.25) is 0 Å². The van der Waals surface area contributed by atoms with Gasteiger partial charge in [-0.05, 0) is 36.8 Å². The van der Waals surface area contributed by atoms with Crippen LogP contribution in [0.4, 0.5) is 16.2 Å². The Kier molecular flexibility index (Phi) is 6.11. The van der Waals surface area contributed by atoms with E-state index in [1.807, 2.05) is 73.7 Å². The molecule has 0 radical (unpaired) electrons. The lowest BCUT2D eigenvalue weighted by Crippen LogP contribution is -2.47. The van der Waals surface area contributed by atoms with Gasteiger partial charge in [0.15, 0.2) is 0 Å². The zero-order chi connectivity index (χ0) is 21.0. The van der Waals surface area contributed by atoms with Crippen LogP contribution in [-0.4, -0.2) is 38.3 Å². The highest BCUT2D eigenvalue weighted by Crippen LogP contribution is 2.37. The SMILES string of the molecule is Cc1cccc(C2(Cl)C=CC=CC2NC(=O)Nc2ccc(N3CCNCC3)cc2)c1. The van der Waals surface area contributed by atoms with Gasteiger partial charge in [0, 0.05) is 37.6 Å². The number of carbonyl (C=O) groups excluding carboxylic acids is 1. The van der Waals surface area contributed by atoms with E-state index >= 15 is 0 Å². The zero-order valence-electron chi connectivity index (χ0n) is 17.1. The molecule has 2 aromatic rings. The molecule has 1 aliphatic carbocycles. The van der Waals surface area contributed by atoms with Crippen molar-refractivity contribution in [2.24, 2.45) is 0 Å². The summed E-state index contributed by atoms with van der Waals surface area (Å²) in [4.78, 5) is 14.2. The molecule has 0 saturated carbocycles. The first-order chi connectivity index (χ1) is 14.5. The third kappa shape index (κ3) is 4.53. The summed E-state index contributed by atoms with van der Waals surface area (Å²) in [6.07, 6.45) is 7.67. The summed E-state index contributed by atoms with van der Waals surface area (Å²) < 4.78 is 0. The summed E-state index contributed by atoms with van der Waals surface area (Å²) in [5, 5.41) is 9.29. The molecule has 2 aromatic carbocycles. The summed E-state index contributed by atoms with van der Waals surface area (Å²) in [5.41, 5.74) is 4.00. The van der Waals surface area contributed by atoms with Gasteiger partial charge in [0.25, 0.3) is 0 Å². The molecule has 2 amide bonds. The molecule has 4 rings (SSSR count). The molecule has 0 aromatic heterocycles. The fourth-order valence-electron chi connectivity index (χ4n) is 3.91. The summed E-state index contributed by atoms with van der Waals surface area (Å²) >= 11 is 7.00. The monoisotopic (exact) mass is 422 g/mol. The molecule has 0 bridgehead atoms. The van der Waals surface area contributed by atoms with E-state index in [0.29, 0.717) is 0 Å². The Hall–Kier alpha value is -2.76. The number of piperazine rings is 1. The lowest BCUT2D eigenvalue weighted by atomic mass is 9.86. The van der Waals surface area contributed by atoms with Gasteiger partial charge in [-0.3, -0.25) is 0 Å². The minimum Gasteiger partial charge on any atom is -0.369 e. The average molecular weight is 423 g/mol. The van der Waals surface area contributed by atoms with Crippen molar-refractivity contribution in [3.05, 3.63) is 84.0 Å². The highest BCUT2D eigenvalue weighted by molar-refractivity contribution is 6.26. The number of aryl methyl sites for hydroxylation is 1. The van der Waals surface area contributed by atoms with E-state index in [-0.39, 0.29) is 12.1 Å². The Morgan fingerprint density at radius 3 is 2.63 bits per heavy atom. The number of nitrogens with zero attached hydrogens (tertiary/aromatic N) is 1. The summed E-state index contributed by atoms with van der Waals surface area (Å²) in [5.74, 6) is 0. The first-order valence-electron chi connectivity index (χ1n) is 10.3. The molecule has 1 aliphatic heterocycles. The van der Waals surface area contributed by atoms with E-state index in [1.165, 1.54) is 5.69 Å². The molecule has 3 N–H and O–H groups in total. The van der Waals surface area contributed by atoms with Gasteiger partial charge in [0.1, 0.15) is 4.87 Å². The number of alkyl halides is 1. The average Bonchev–Trinajstić information content (AvgIpc) is 2.76. The van der Waals surface area contributed by atoms with Crippen LogP contribution in [0.5, 0.6) is 0 Å². The van der Waals surface area contributed by atoms with Crippen molar-refractivity contribution in [2.75, 3.05) is 36.4 Å². The van der Waals surface area contributed by atoms with Gasteiger partial charge in [-0.2, -0.15) is 0 Å². The first-order valence-corrected chi connectivity index (χ1v) is 10.7. The molecule has 5 nitrogen and oxygen atoms in total. The number of hydrogen-bond acceptors (Lipinski definition) is 3. The summed E-state index contributed by atoms with van der Waals surface area (Å²) in [6, 6.07) is 15.4. The lowest BCUT2D eigenvalue weighted by Gasteiger charge is -2.34. The van der Waals surface area contributed by atoms with Gasteiger partial charge in [-0.25, -0.2) is 4.79 Å². The number of allylic oxidation sites excluding steroid dienone is 2. The normalized spacial score (nSPS) is 23.3. The van der Waals surface area contributed by atoms with Crippen molar-refractivity contribution in [1.29, 1.82) is 0 Å². The molecule has 6 heteroatoms. The number of halogens is 1. The number of benzene rings is 2. The third-order valence-corrected chi connectivity index (χ3v) is 6.14. The van der Waals surface area contributed by atoms with E-state index in [2.05, 4.69) is 26.9 Å². The van der Waals surface area contributed by atoms with Crippen LogP contribution in [0.3, 0.4) is 0 Å². The number of amides is 2. The van der Waals surface area contributed by atoms with E-state index in [9.17, 15) is 4.79 Å². The molecule has 0 spiro atoms. The predicted octanol–water partition coefficient (Wildman–Crippen LogP) is 4.16. The number of anilines is 2. The molecular formula is C24H27ClN4O. The quantitative estimate of drug-likeness (QED) is 0.648. The summed E-state index contributed by atoms with van der Waals surface area (Å²) in [6.45, 7) is 6.00. The molecular weight excluding hydrogens is 396 g/mol. The third-order valence-electron chi connectivity index (χ3n) is 5.56. The Labute approximate surface area is 182 Å². The van der Waals surface area contributed by atoms with Gasteiger partial charge < -0.3 is 20.9 Å². The fraction of sp³-hybridized carbons (Fsp3) is 0.292. The van der Waals surface area contributed by atoms with Crippen molar-refractivity contribution < 1.29 is 4.79 Å². The van der Waals surface area contributed by atoms with E-state index in [0.717, 1.165) is 43.0 Å². The van der Waals surface area contributed by atoms with Crippen LogP contribution in [0.15, 0.2) is 72.8 Å². The first kappa shape index (κ1) is 20.5. The second-order valence-corrected chi connectivity index (χ2v) is 8.37. The largest absolute Gasteiger partial charge is 0.369 e. The lowest BCUT2D eigenvalue weighted by molar-refractivity contribution is 0.248. The molecule has 2 atom stereocenters. The number of nitrogens with one attached hydrogen (secondary N) is 3. The topological polar surface area (TPSA) is 56.4 Å². The van der Waals surface area contributed by atoms with Crippen molar-refractivity contribution >= 4 is 29.0 Å². The molecule has 1 fully saturated rings. The second-order valence-electron chi connectivity index (χ2n) is 7.74. The molecule has 1 heterocycles. The predicted molar refractivity (Wildman–Crippen MR) is 124 cm³/mol. The van der Waals surface area contributed by atoms with Crippen molar-refractivity contribution in [1.82, 2.24) is 10.6 Å². The fourth-order valence-corrected chi connectivity index (χ4v) is 4.23. The van der Waals surface area contributed by atoms with Crippen molar-refractivity contribution in [3.8, 4) is 0 Å². The Balaban J connectivity index is 1.42. The molecule has 2 aliphatic rings. The number of rotatable bonds is 4. The second kappa shape index (κ2) is 8.94. The summed E-state index contributed by atoms with van der Waals surface area (Å²) in [7, 11) is 0. The van der Waals surface area contributed by atoms with Crippen LogP contribution < -0.4 is 20.9 Å². The van der Waals surface area contributed by atoms with Gasteiger partial charge in [0.05, 0.1) is 6.04 Å². The smallest absolute Gasteiger partial charge is 0.319 e. The highest BCUT2D eigenvalue weighted by atomic mass is 35.5. The standard InChI is InChI=1S/C24H27ClN4O/c1-18-5-4-6-19(17-18)24(25)12-3-2-7-22(24)28-23(30)27-20-8-10-21(11-9-20)29-15-13-26-14-16-29/h2-12,17,22,26H,13-16H2,1H3,(H2,27,28,30). The van der Waals surface area contributed by atoms with Gasteiger partial charge >= 0.3 is 6.03 Å². The zero-order valence-corrected chi connectivity index (χ0v) is 17.8. The van der Waals surface area contributed by atoms with Crippen LogP contribution in [-0.2, 0) is 4.87 Å². The molecule has 2 unspecified atom stereocenters. The van der Waals surface area contributed by atoms with Crippen LogP contribution in [0, 0.1) is 6.92 Å². The minimum absolute atomic E-state index is 0.285. The number of carbonyl (C=O) groups is 1. The van der Waals surface area contributed by atoms with Gasteiger partial charge in [-0.1, -0.05) is 54.1 Å². The van der Waals surface area contributed by atoms with Crippen LogP contribution in [0.2, 0.25) is 0 Å².